The lowest BCUT2D eigenvalue weighted by molar-refractivity contribution is 0.0965. The lowest BCUT2D eigenvalue weighted by atomic mass is 10.1. The first-order chi connectivity index (χ1) is 6.02. The second kappa shape index (κ2) is 3.89. The van der Waals surface area contributed by atoms with Gasteiger partial charge in [0.1, 0.15) is 5.75 Å². The second-order valence-electron chi connectivity index (χ2n) is 2.81. The van der Waals surface area contributed by atoms with Gasteiger partial charge in [0.15, 0.2) is 5.78 Å². The average molecular weight is 244 g/mol. The van der Waals surface area contributed by atoms with Crippen LogP contribution in [0.15, 0.2) is 22.7 Å². The van der Waals surface area contributed by atoms with Gasteiger partial charge in [0, 0.05) is 4.47 Å². The van der Waals surface area contributed by atoms with Gasteiger partial charge in [0.2, 0.25) is 0 Å². The zero-order valence-corrected chi connectivity index (χ0v) is 8.71. The van der Waals surface area contributed by atoms with Crippen molar-refractivity contribution in [2.45, 2.75) is 13.0 Å². The fourth-order valence-electron chi connectivity index (χ4n) is 0.951. The van der Waals surface area contributed by atoms with Gasteiger partial charge >= 0.3 is 0 Å². The SMILES string of the molecule is CC(N)C(=O)c1cc(Br)ccc1O. The van der Waals surface area contributed by atoms with Crippen LogP contribution in [0, 0.1) is 0 Å². The third kappa shape index (κ3) is 2.29. The number of carbonyl (C=O) groups excluding carboxylic acids is 1. The molecule has 0 amide bonds. The number of Topliss-reactive ketones (excluding diaryl/α,β-unsaturated/α-hetero) is 1. The van der Waals surface area contributed by atoms with Gasteiger partial charge in [-0.05, 0) is 25.1 Å². The molecule has 0 radical (unpaired) electrons. The van der Waals surface area contributed by atoms with Crippen molar-refractivity contribution in [3.05, 3.63) is 28.2 Å². The van der Waals surface area contributed by atoms with Gasteiger partial charge in [-0.2, -0.15) is 0 Å². The summed E-state index contributed by atoms with van der Waals surface area (Å²) in [6, 6.07) is 4.08. The van der Waals surface area contributed by atoms with E-state index in [0.29, 0.717) is 0 Å². The maximum Gasteiger partial charge on any atom is 0.182 e. The zero-order valence-electron chi connectivity index (χ0n) is 7.12. The van der Waals surface area contributed by atoms with Gasteiger partial charge in [0.05, 0.1) is 11.6 Å². The van der Waals surface area contributed by atoms with Crippen molar-refractivity contribution < 1.29 is 9.90 Å². The first kappa shape index (κ1) is 10.2. The number of rotatable bonds is 2. The van der Waals surface area contributed by atoms with E-state index in [4.69, 9.17) is 5.73 Å². The molecule has 0 fully saturated rings. The van der Waals surface area contributed by atoms with Crippen molar-refractivity contribution >= 4 is 21.7 Å². The molecule has 0 aliphatic rings. The van der Waals surface area contributed by atoms with Crippen molar-refractivity contribution in [1.29, 1.82) is 0 Å². The number of carbonyl (C=O) groups is 1. The summed E-state index contributed by atoms with van der Waals surface area (Å²) in [6.45, 7) is 1.59. The summed E-state index contributed by atoms with van der Waals surface area (Å²) in [5, 5.41) is 9.36. The molecule has 3 nitrogen and oxygen atoms in total. The molecule has 0 aliphatic carbocycles. The van der Waals surface area contributed by atoms with Gasteiger partial charge in [-0.3, -0.25) is 4.79 Å². The Bertz CT molecular complexity index is 336. The molecule has 1 atom stereocenters. The number of nitrogens with two attached hydrogens (primary N) is 1. The van der Waals surface area contributed by atoms with E-state index >= 15 is 0 Å². The van der Waals surface area contributed by atoms with Crippen molar-refractivity contribution in [3.8, 4) is 5.75 Å². The number of hydrogen-bond acceptors (Lipinski definition) is 3. The highest BCUT2D eigenvalue weighted by Crippen LogP contribution is 2.22. The number of benzene rings is 1. The van der Waals surface area contributed by atoms with Crippen LogP contribution in [0.3, 0.4) is 0 Å². The van der Waals surface area contributed by atoms with E-state index in [1.165, 1.54) is 6.07 Å². The fourth-order valence-corrected chi connectivity index (χ4v) is 1.31. The highest BCUT2D eigenvalue weighted by Gasteiger charge is 2.14. The fraction of sp³-hybridized carbons (Fsp3) is 0.222. The van der Waals surface area contributed by atoms with Gasteiger partial charge in [-0.15, -0.1) is 0 Å². The minimum absolute atomic E-state index is 0.0366. The number of phenolic OH excluding ortho intramolecular Hbond substituents is 1. The van der Waals surface area contributed by atoms with Crippen molar-refractivity contribution in [3.63, 3.8) is 0 Å². The normalized spacial score (nSPS) is 12.5. The lowest BCUT2D eigenvalue weighted by Crippen LogP contribution is -2.26. The third-order valence-corrected chi connectivity index (χ3v) is 2.13. The van der Waals surface area contributed by atoms with E-state index in [9.17, 15) is 9.90 Å². The van der Waals surface area contributed by atoms with Gasteiger partial charge in [0.25, 0.3) is 0 Å². The molecule has 1 aromatic rings. The van der Waals surface area contributed by atoms with Gasteiger partial charge in [-0.1, -0.05) is 15.9 Å². The van der Waals surface area contributed by atoms with Gasteiger partial charge < -0.3 is 10.8 Å². The molecule has 0 aromatic heterocycles. The van der Waals surface area contributed by atoms with Crippen LogP contribution in [-0.4, -0.2) is 16.9 Å². The molecule has 1 aromatic carbocycles. The number of aromatic hydroxyl groups is 1. The number of phenols is 1. The molecule has 3 N–H and O–H groups in total. The van der Waals surface area contributed by atoms with Gasteiger partial charge in [-0.25, -0.2) is 0 Å². The molecule has 13 heavy (non-hydrogen) atoms. The van der Waals surface area contributed by atoms with Crippen molar-refractivity contribution in [2.75, 3.05) is 0 Å². The molecule has 0 aliphatic heterocycles. The van der Waals surface area contributed by atoms with E-state index < -0.39 is 6.04 Å². The predicted octanol–water partition coefficient (Wildman–Crippen LogP) is 1.68. The summed E-state index contributed by atoms with van der Waals surface area (Å²) in [7, 11) is 0. The summed E-state index contributed by atoms with van der Waals surface area (Å²) >= 11 is 3.21. The highest BCUT2D eigenvalue weighted by atomic mass is 79.9. The Kier molecular flexibility index (Phi) is 3.06. The average Bonchev–Trinajstić information content (AvgIpc) is 2.08. The molecule has 0 saturated carbocycles. The minimum atomic E-state index is -0.597. The van der Waals surface area contributed by atoms with Crippen LogP contribution < -0.4 is 5.73 Å². The predicted molar refractivity (Wildman–Crippen MR) is 53.8 cm³/mol. The molecular formula is C9H10BrNO2. The molecule has 4 heteroatoms. The van der Waals surface area contributed by atoms with E-state index in [-0.39, 0.29) is 17.1 Å². The molecule has 0 saturated heterocycles. The minimum Gasteiger partial charge on any atom is -0.507 e. The maximum atomic E-state index is 11.4. The van der Waals surface area contributed by atoms with E-state index in [1.54, 1.807) is 19.1 Å². The zero-order chi connectivity index (χ0) is 10.0. The lowest BCUT2D eigenvalue weighted by Gasteiger charge is -2.06. The van der Waals surface area contributed by atoms with Crippen LogP contribution in [0.25, 0.3) is 0 Å². The first-order valence-corrected chi connectivity index (χ1v) is 4.60. The Balaban J connectivity index is 3.13. The molecular weight excluding hydrogens is 234 g/mol. The van der Waals surface area contributed by atoms with E-state index in [0.717, 1.165) is 4.47 Å². The molecule has 0 heterocycles. The first-order valence-electron chi connectivity index (χ1n) is 3.80. The highest BCUT2D eigenvalue weighted by molar-refractivity contribution is 9.10. The van der Waals surface area contributed by atoms with E-state index in [2.05, 4.69) is 15.9 Å². The second-order valence-corrected chi connectivity index (χ2v) is 3.73. The Hall–Kier alpha value is -0.870. The largest absolute Gasteiger partial charge is 0.507 e. The summed E-state index contributed by atoms with van der Waals surface area (Å²) in [5.74, 6) is -0.302. The summed E-state index contributed by atoms with van der Waals surface area (Å²) in [5.41, 5.74) is 5.67. The van der Waals surface area contributed by atoms with Crippen LogP contribution in [0.2, 0.25) is 0 Å². The molecule has 1 unspecified atom stereocenters. The van der Waals surface area contributed by atoms with Crippen molar-refractivity contribution in [2.24, 2.45) is 5.73 Å². The number of halogens is 1. The van der Waals surface area contributed by atoms with Crippen LogP contribution >= 0.6 is 15.9 Å². The van der Waals surface area contributed by atoms with Crippen molar-refractivity contribution in [1.82, 2.24) is 0 Å². The standard InChI is InChI=1S/C9H10BrNO2/c1-5(11)9(13)7-4-6(10)2-3-8(7)12/h2-5,12H,11H2,1H3. The van der Waals surface area contributed by atoms with Crippen LogP contribution in [0.4, 0.5) is 0 Å². The third-order valence-electron chi connectivity index (χ3n) is 1.64. The number of hydrogen-bond donors (Lipinski definition) is 2. The molecule has 1 rings (SSSR count). The topological polar surface area (TPSA) is 63.3 Å². The Labute approximate surface area is 84.7 Å². The summed E-state index contributed by atoms with van der Waals surface area (Å²) < 4.78 is 0.745. The van der Waals surface area contributed by atoms with E-state index in [1.807, 2.05) is 0 Å². The smallest absolute Gasteiger partial charge is 0.182 e. The van der Waals surface area contributed by atoms with Crippen LogP contribution in [0.1, 0.15) is 17.3 Å². The summed E-state index contributed by atoms with van der Waals surface area (Å²) in [4.78, 5) is 11.4. The quantitative estimate of drug-likeness (QED) is 0.778. The molecule has 0 bridgehead atoms. The Morgan fingerprint density at radius 3 is 2.77 bits per heavy atom. The molecule has 0 spiro atoms. The Morgan fingerprint density at radius 1 is 1.62 bits per heavy atom. The monoisotopic (exact) mass is 243 g/mol. The van der Waals surface area contributed by atoms with Crippen LogP contribution in [0.5, 0.6) is 5.75 Å². The molecule has 70 valence electrons. The number of ketones is 1. The summed E-state index contributed by atoms with van der Waals surface area (Å²) in [6.07, 6.45) is 0. The maximum absolute atomic E-state index is 11.4. The Morgan fingerprint density at radius 2 is 2.23 bits per heavy atom. The van der Waals surface area contributed by atoms with Crippen LogP contribution in [-0.2, 0) is 0 Å².